The molecule has 5 rings (SSSR count). The number of carbonyl (C=O) groups is 1. The highest BCUT2D eigenvalue weighted by Crippen LogP contribution is 2.38. The maximum absolute atomic E-state index is 13.0. The Morgan fingerprint density at radius 3 is 2.46 bits per heavy atom. The van der Waals surface area contributed by atoms with Crippen molar-refractivity contribution in [3.05, 3.63) is 99.6 Å². The third kappa shape index (κ3) is 5.00. The van der Waals surface area contributed by atoms with Gasteiger partial charge in [0, 0.05) is 29.9 Å². The summed E-state index contributed by atoms with van der Waals surface area (Å²) in [6.07, 6.45) is 2.48. The number of carbonyl (C=O) groups excluding carboxylic acids is 1. The molecule has 0 aromatic heterocycles. The monoisotopic (exact) mass is 468 g/mol. The minimum atomic E-state index is -0.734. The molecular weight excluding hydrogens is 440 g/mol. The molecule has 3 aromatic carbocycles. The summed E-state index contributed by atoms with van der Waals surface area (Å²) in [5, 5.41) is 14.2. The topological polar surface area (TPSA) is 87.8 Å². The molecule has 2 aliphatic rings. The fourth-order valence-electron chi connectivity index (χ4n) is 4.83. The number of hydrogen-bond donors (Lipinski definition) is 1. The van der Waals surface area contributed by atoms with Crippen molar-refractivity contribution in [2.75, 3.05) is 18.4 Å². The predicted molar refractivity (Wildman–Crippen MR) is 137 cm³/mol. The van der Waals surface area contributed by atoms with Gasteiger partial charge in [0.2, 0.25) is 5.91 Å². The quantitative estimate of drug-likeness (QED) is 0.286. The van der Waals surface area contributed by atoms with Crippen molar-refractivity contribution < 1.29 is 9.72 Å². The maximum Gasteiger partial charge on any atom is 0.269 e. The number of piperidine rings is 1. The van der Waals surface area contributed by atoms with Gasteiger partial charge >= 0.3 is 0 Å². The third-order valence-corrected chi connectivity index (χ3v) is 6.89. The van der Waals surface area contributed by atoms with E-state index in [1.54, 1.807) is 6.07 Å². The number of nitro groups is 1. The number of rotatable bonds is 6. The van der Waals surface area contributed by atoms with Crippen LogP contribution in [0.2, 0.25) is 0 Å². The molecule has 1 unspecified atom stereocenters. The Labute approximate surface area is 204 Å². The normalized spacial score (nSPS) is 18.8. The molecule has 2 heterocycles. The molecule has 1 saturated heterocycles. The molecule has 1 fully saturated rings. The highest BCUT2D eigenvalue weighted by molar-refractivity contribution is 6.24. The first kappa shape index (κ1) is 22.9. The number of aliphatic imine (C=N–C) groups is 1. The molecule has 1 amide bonds. The number of benzene rings is 3. The van der Waals surface area contributed by atoms with Crippen LogP contribution >= 0.6 is 0 Å². The highest BCUT2D eigenvalue weighted by atomic mass is 16.6. The van der Waals surface area contributed by atoms with Gasteiger partial charge in [-0.05, 0) is 61.2 Å². The van der Waals surface area contributed by atoms with Crippen LogP contribution in [-0.2, 0) is 11.3 Å². The minimum absolute atomic E-state index is 0.0471. The summed E-state index contributed by atoms with van der Waals surface area (Å²) in [6.45, 7) is 5.49. The van der Waals surface area contributed by atoms with Crippen molar-refractivity contribution in [1.82, 2.24) is 4.90 Å². The van der Waals surface area contributed by atoms with Crippen molar-refractivity contribution in [3.63, 3.8) is 0 Å². The minimum Gasteiger partial charge on any atom is -0.325 e. The van der Waals surface area contributed by atoms with Gasteiger partial charge in [-0.1, -0.05) is 49.4 Å². The molecule has 0 aliphatic carbocycles. The van der Waals surface area contributed by atoms with Crippen LogP contribution in [0.25, 0.3) is 0 Å². The fourth-order valence-corrected chi connectivity index (χ4v) is 4.83. The van der Waals surface area contributed by atoms with E-state index in [0.717, 1.165) is 36.8 Å². The number of nitrogens with one attached hydrogen (secondary N) is 1. The lowest BCUT2D eigenvalue weighted by Gasteiger charge is -2.30. The Morgan fingerprint density at radius 1 is 1.06 bits per heavy atom. The number of fused-ring (bicyclic) bond motifs is 1. The molecule has 0 spiro atoms. The lowest BCUT2D eigenvalue weighted by Crippen LogP contribution is -2.32. The van der Waals surface area contributed by atoms with E-state index < -0.39 is 10.8 Å². The Kier molecular flexibility index (Phi) is 6.42. The molecule has 7 heteroatoms. The molecule has 7 nitrogen and oxygen atoms in total. The van der Waals surface area contributed by atoms with Gasteiger partial charge in [-0.25, -0.2) is 0 Å². The molecule has 1 atom stereocenters. The molecule has 178 valence electrons. The van der Waals surface area contributed by atoms with E-state index in [4.69, 9.17) is 4.99 Å². The molecule has 0 bridgehead atoms. The molecule has 0 saturated carbocycles. The summed E-state index contributed by atoms with van der Waals surface area (Å²) in [5.74, 6) is -0.167. The van der Waals surface area contributed by atoms with Crippen LogP contribution in [0.5, 0.6) is 0 Å². The average Bonchev–Trinajstić information content (AvgIpc) is 3.20. The van der Waals surface area contributed by atoms with Gasteiger partial charge in [0.15, 0.2) is 0 Å². The number of hydrogen-bond acceptors (Lipinski definition) is 5. The van der Waals surface area contributed by atoms with Gasteiger partial charge in [-0.2, -0.15) is 0 Å². The van der Waals surface area contributed by atoms with Gasteiger partial charge in [-0.15, -0.1) is 0 Å². The second kappa shape index (κ2) is 9.80. The van der Waals surface area contributed by atoms with E-state index in [0.29, 0.717) is 17.0 Å². The van der Waals surface area contributed by atoms with Crippen molar-refractivity contribution in [2.24, 2.45) is 10.9 Å². The Balaban J connectivity index is 1.47. The number of non-ortho nitro benzene ring substituents is 1. The summed E-state index contributed by atoms with van der Waals surface area (Å²) in [4.78, 5) is 31.4. The van der Waals surface area contributed by atoms with E-state index in [2.05, 4.69) is 29.3 Å². The molecule has 35 heavy (non-hydrogen) atoms. The first-order chi connectivity index (χ1) is 17.0. The Morgan fingerprint density at radius 2 is 1.77 bits per heavy atom. The summed E-state index contributed by atoms with van der Waals surface area (Å²) >= 11 is 0. The van der Waals surface area contributed by atoms with Crippen LogP contribution in [-0.4, -0.2) is 34.5 Å². The fraction of sp³-hybridized carbons (Fsp3) is 0.286. The van der Waals surface area contributed by atoms with Gasteiger partial charge in [0.05, 0.1) is 16.3 Å². The van der Waals surface area contributed by atoms with Crippen LogP contribution in [0.3, 0.4) is 0 Å². The van der Waals surface area contributed by atoms with Crippen LogP contribution in [0, 0.1) is 16.0 Å². The Hall–Kier alpha value is -3.84. The van der Waals surface area contributed by atoms with Crippen LogP contribution < -0.4 is 5.32 Å². The number of nitro benzene ring substituents is 1. The SMILES string of the molecule is CC1CCN(Cc2ccc(N=C(c3ccccc3)C3C(=O)Nc4ccc([N+](=O)[O-])cc43)cc2)CC1. The van der Waals surface area contributed by atoms with E-state index >= 15 is 0 Å². The molecule has 0 radical (unpaired) electrons. The first-order valence-electron chi connectivity index (χ1n) is 12.0. The number of nitrogens with zero attached hydrogens (tertiary/aromatic N) is 3. The molecular formula is C28H28N4O3. The maximum atomic E-state index is 13.0. The molecule has 1 N–H and O–H groups in total. The van der Waals surface area contributed by atoms with Gasteiger partial charge in [0.1, 0.15) is 5.92 Å². The van der Waals surface area contributed by atoms with Gasteiger partial charge < -0.3 is 5.32 Å². The van der Waals surface area contributed by atoms with Crippen molar-refractivity contribution in [1.29, 1.82) is 0 Å². The van der Waals surface area contributed by atoms with E-state index in [1.165, 1.54) is 30.5 Å². The third-order valence-electron chi connectivity index (χ3n) is 6.89. The zero-order valence-corrected chi connectivity index (χ0v) is 19.7. The zero-order chi connectivity index (χ0) is 24.4. The second-order valence-electron chi connectivity index (χ2n) is 9.44. The van der Waals surface area contributed by atoms with Crippen molar-refractivity contribution in [2.45, 2.75) is 32.2 Å². The lowest BCUT2D eigenvalue weighted by atomic mass is 9.90. The van der Waals surface area contributed by atoms with Crippen molar-refractivity contribution >= 4 is 28.7 Å². The second-order valence-corrected chi connectivity index (χ2v) is 9.44. The number of likely N-dealkylation sites (tertiary alicyclic amines) is 1. The summed E-state index contributed by atoms with van der Waals surface area (Å²) in [7, 11) is 0. The molecule has 3 aromatic rings. The molecule has 2 aliphatic heterocycles. The van der Waals surface area contributed by atoms with Crippen LogP contribution in [0.4, 0.5) is 17.1 Å². The standard InChI is InChI=1S/C28H28N4O3/c1-19-13-15-31(16-14-19)18-20-7-9-22(10-8-20)29-27(21-5-3-2-4-6-21)26-24-17-23(32(34)35)11-12-25(24)30-28(26)33/h2-12,17,19,26H,13-16,18H2,1H3,(H,30,33). The van der Waals surface area contributed by atoms with E-state index in [-0.39, 0.29) is 11.6 Å². The van der Waals surface area contributed by atoms with Gasteiger partial charge in [0.25, 0.3) is 5.69 Å². The highest BCUT2D eigenvalue weighted by Gasteiger charge is 2.36. The number of anilines is 1. The Bertz CT molecular complexity index is 1260. The first-order valence-corrected chi connectivity index (χ1v) is 12.0. The summed E-state index contributed by atoms with van der Waals surface area (Å²) < 4.78 is 0. The summed E-state index contributed by atoms with van der Waals surface area (Å²) in [5.41, 5.74) is 4.46. The predicted octanol–water partition coefficient (Wildman–Crippen LogP) is 5.68. The number of amides is 1. The van der Waals surface area contributed by atoms with E-state index in [9.17, 15) is 14.9 Å². The lowest BCUT2D eigenvalue weighted by molar-refractivity contribution is -0.384. The average molecular weight is 469 g/mol. The largest absolute Gasteiger partial charge is 0.325 e. The zero-order valence-electron chi connectivity index (χ0n) is 19.7. The van der Waals surface area contributed by atoms with Crippen LogP contribution in [0.1, 0.15) is 42.4 Å². The van der Waals surface area contributed by atoms with Crippen LogP contribution in [0.15, 0.2) is 77.8 Å². The van der Waals surface area contributed by atoms with Crippen molar-refractivity contribution in [3.8, 4) is 0 Å². The van der Waals surface area contributed by atoms with Gasteiger partial charge in [-0.3, -0.25) is 24.8 Å². The smallest absolute Gasteiger partial charge is 0.269 e. The summed E-state index contributed by atoms with van der Waals surface area (Å²) in [6, 6.07) is 22.1. The van der Waals surface area contributed by atoms with E-state index in [1.807, 2.05) is 42.5 Å².